The third kappa shape index (κ3) is 4.89. The largest absolute Gasteiger partial charge is 0.232 e. The van der Waals surface area contributed by atoms with E-state index in [1.165, 1.54) is 0 Å². The van der Waals surface area contributed by atoms with E-state index >= 15 is 0 Å². The second-order valence-corrected chi connectivity index (χ2v) is 10.8. The van der Waals surface area contributed by atoms with Crippen molar-refractivity contribution in [3.63, 3.8) is 0 Å². The molecule has 0 spiro atoms. The highest BCUT2D eigenvalue weighted by Crippen LogP contribution is 2.34. The zero-order valence-corrected chi connectivity index (χ0v) is 24.0. The van der Waals surface area contributed by atoms with Gasteiger partial charge >= 0.3 is 0 Å². The van der Waals surface area contributed by atoms with E-state index in [4.69, 9.17) is 20.1 Å². The molecule has 0 atom stereocenters. The molecule has 210 valence electrons. The van der Waals surface area contributed by atoms with Crippen molar-refractivity contribution >= 4 is 16.3 Å². The summed E-state index contributed by atoms with van der Waals surface area (Å²) >= 11 is 0. The molecule has 0 bridgehead atoms. The Morgan fingerprint density at radius 2 is 1.02 bits per heavy atom. The first-order chi connectivity index (χ1) is 22.2. The molecule has 0 radical (unpaired) electrons. The quantitative estimate of drug-likeness (QED) is 0.204. The number of nitrogens with zero attached hydrogens (tertiary/aromatic N) is 6. The number of aromatic nitrogens is 5. The van der Waals surface area contributed by atoms with Gasteiger partial charge in [0.1, 0.15) is 0 Å². The number of fused-ring (bicyclic) bond motifs is 3. The summed E-state index contributed by atoms with van der Waals surface area (Å²) in [6.45, 7) is 0. The molecule has 5 aromatic carbocycles. The Hall–Kier alpha value is -6.45. The van der Waals surface area contributed by atoms with Crippen LogP contribution in [-0.2, 0) is 0 Å². The minimum atomic E-state index is 0.599. The third-order valence-electron chi connectivity index (χ3n) is 7.90. The van der Waals surface area contributed by atoms with Gasteiger partial charge in [-0.05, 0) is 35.7 Å². The van der Waals surface area contributed by atoms with E-state index in [1.807, 2.05) is 108 Å². The van der Waals surface area contributed by atoms with Crippen LogP contribution >= 0.6 is 0 Å². The fourth-order valence-electron chi connectivity index (χ4n) is 5.62. The molecular formula is C39H24N6. The number of rotatable bonds is 5. The number of hydrogen-bond acceptors (Lipinski definition) is 5. The predicted octanol–water partition coefficient (Wildman–Crippen LogP) is 8.88. The van der Waals surface area contributed by atoms with Gasteiger partial charge in [0.05, 0.1) is 28.5 Å². The molecule has 8 rings (SSSR count). The Kier molecular flexibility index (Phi) is 6.40. The maximum Gasteiger partial charge on any atom is 0.164 e. The van der Waals surface area contributed by atoms with Crippen LogP contribution in [0.15, 0.2) is 146 Å². The van der Waals surface area contributed by atoms with Crippen LogP contribution in [-0.4, -0.2) is 24.6 Å². The molecule has 0 aliphatic carbocycles. The lowest BCUT2D eigenvalue weighted by atomic mass is 10.0. The Morgan fingerprint density at radius 3 is 1.60 bits per heavy atom. The molecular weight excluding hydrogens is 552 g/mol. The number of nitriles is 1. The summed E-state index contributed by atoms with van der Waals surface area (Å²) in [4.78, 5) is 14.7. The van der Waals surface area contributed by atoms with Crippen LogP contribution in [0, 0.1) is 11.3 Å². The van der Waals surface area contributed by atoms with Crippen molar-refractivity contribution in [2.45, 2.75) is 0 Å². The molecule has 0 fully saturated rings. The normalized spacial score (nSPS) is 11.1. The highest BCUT2D eigenvalue weighted by atomic mass is 15.2. The topological polar surface area (TPSA) is 79.8 Å². The first-order valence-corrected chi connectivity index (χ1v) is 14.6. The van der Waals surface area contributed by atoms with E-state index in [0.29, 0.717) is 23.0 Å². The van der Waals surface area contributed by atoms with E-state index in [2.05, 4.69) is 48.5 Å². The summed E-state index contributed by atoms with van der Waals surface area (Å²) in [6, 6.07) is 50.6. The summed E-state index contributed by atoms with van der Waals surface area (Å²) in [6.07, 6.45) is 0. The highest BCUT2D eigenvalue weighted by Gasteiger charge is 2.16. The van der Waals surface area contributed by atoms with Crippen LogP contribution < -0.4 is 0 Å². The average molecular weight is 577 g/mol. The SMILES string of the molecule is N#Cc1ccc(-c2cc3c4cc(-c5nc(-c6ccccc6)nc(-c6ccccc6)n5)ccc4cc(-c4ccccc4)n3n2)cc1. The lowest BCUT2D eigenvalue weighted by Gasteiger charge is -2.11. The first-order valence-electron chi connectivity index (χ1n) is 14.6. The van der Waals surface area contributed by atoms with Gasteiger partial charge in [-0.1, -0.05) is 115 Å². The molecule has 0 amide bonds. The minimum absolute atomic E-state index is 0.599. The molecule has 0 saturated heterocycles. The molecule has 6 heteroatoms. The van der Waals surface area contributed by atoms with Crippen molar-refractivity contribution in [3.8, 4) is 62.7 Å². The second-order valence-electron chi connectivity index (χ2n) is 10.8. The molecule has 8 aromatic rings. The van der Waals surface area contributed by atoms with E-state index in [-0.39, 0.29) is 0 Å². The Morgan fingerprint density at radius 1 is 0.489 bits per heavy atom. The molecule has 0 unspecified atom stereocenters. The van der Waals surface area contributed by atoms with Crippen molar-refractivity contribution in [2.24, 2.45) is 0 Å². The Bertz CT molecular complexity index is 2300. The summed E-state index contributed by atoms with van der Waals surface area (Å²) in [7, 11) is 0. The molecule has 6 nitrogen and oxygen atoms in total. The van der Waals surface area contributed by atoms with Crippen molar-refractivity contribution in [2.75, 3.05) is 0 Å². The van der Waals surface area contributed by atoms with Crippen LogP contribution in [0.2, 0.25) is 0 Å². The van der Waals surface area contributed by atoms with Gasteiger partial charge in [0, 0.05) is 33.2 Å². The van der Waals surface area contributed by atoms with E-state index in [1.54, 1.807) is 0 Å². The standard InChI is InChI=1S/C39H24N6/c40-25-26-16-18-27(19-17-26)34-24-36-33-22-32(21-20-31(33)23-35(45(36)44-34)28-10-4-1-5-11-28)39-42-37(29-12-6-2-7-13-29)41-38(43-39)30-14-8-3-9-15-30/h1-24H. The smallest absolute Gasteiger partial charge is 0.164 e. The predicted molar refractivity (Wildman–Crippen MR) is 178 cm³/mol. The molecule has 0 N–H and O–H groups in total. The van der Waals surface area contributed by atoms with Crippen LogP contribution in [0.25, 0.3) is 73.0 Å². The van der Waals surface area contributed by atoms with Gasteiger partial charge in [-0.15, -0.1) is 0 Å². The molecule has 3 aromatic heterocycles. The van der Waals surface area contributed by atoms with Crippen molar-refractivity contribution in [3.05, 3.63) is 151 Å². The van der Waals surface area contributed by atoms with E-state index < -0.39 is 0 Å². The van der Waals surface area contributed by atoms with Crippen molar-refractivity contribution in [1.29, 1.82) is 5.26 Å². The van der Waals surface area contributed by atoms with Crippen molar-refractivity contribution < 1.29 is 0 Å². The first kappa shape index (κ1) is 26.2. The third-order valence-corrected chi connectivity index (χ3v) is 7.90. The average Bonchev–Trinajstić information content (AvgIpc) is 3.58. The van der Waals surface area contributed by atoms with Crippen LogP contribution in [0.3, 0.4) is 0 Å². The van der Waals surface area contributed by atoms with E-state index in [0.717, 1.165) is 55.5 Å². The van der Waals surface area contributed by atoms with E-state index in [9.17, 15) is 5.26 Å². The van der Waals surface area contributed by atoms with Gasteiger partial charge in [0.25, 0.3) is 0 Å². The lowest BCUT2D eigenvalue weighted by Crippen LogP contribution is -2.00. The van der Waals surface area contributed by atoms with Gasteiger partial charge in [-0.2, -0.15) is 10.4 Å². The fourth-order valence-corrected chi connectivity index (χ4v) is 5.62. The zero-order valence-electron chi connectivity index (χ0n) is 24.0. The zero-order chi connectivity index (χ0) is 30.2. The maximum atomic E-state index is 9.29. The minimum Gasteiger partial charge on any atom is -0.232 e. The van der Waals surface area contributed by atoms with Gasteiger partial charge in [-0.25, -0.2) is 19.5 Å². The molecule has 45 heavy (non-hydrogen) atoms. The molecule has 0 aliphatic rings. The second kappa shape index (κ2) is 11.0. The molecule has 3 heterocycles. The Labute approximate surface area is 259 Å². The van der Waals surface area contributed by atoms with Crippen LogP contribution in [0.1, 0.15) is 5.56 Å². The number of pyridine rings is 1. The summed E-state index contributed by atoms with van der Waals surface area (Å²) in [5.74, 6) is 1.84. The number of benzene rings is 5. The van der Waals surface area contributed by atoms with Gasteiger partial charge in [-0.3, -0.25) is 0 Å². The molecule has 0 saturated carbocycles. The van der Waals surface area contributed by atoms with Gasteiger partial charge < -0.3 is 0 Å². The monoisotopic (exact) mass is 576 g/mol. The fraction of sp³-hybridized carbons (Fsp3) is 0. The number of hydrogen-bond donors (Lipinski definition) is 0. The van der Waals surface area contributed by atoms with Crippen LogP contribution in [0.5, 0.6) is 0 Å². The van der Waals surface area contributed by atoms with Gasteiger partial charge in [0.15, 0.2) is 17.5 Å². The summed E-state index contributed by atoms with van der Waals surface area (Å²) in [5.41, 5.74) is 8.15. The van der Waals surface area contributed by atoms with Crippen LogP contribution in [0.4, 0.5) is 0 Å². The molecule has 0 aliphatic heterocycles. The lowest BCUT2D eigenvalue weighted by molar-refractivity contribution is 0.979. The summed E-state index contributed by atoms with van der Waals surface area (Å²) < 4.78 is 2.01. The highest BCUT2D eigenvalue weighted by molar-refractivity contribution is 6.01. The van der Waals surface area contributed by atoms with Gasteiger partial charge in [0.2, 0.25) is 0 Å². The summed E-state index contributed by atoms with van der Waals surface area (Å²) in [5, 5.41) is 16.5. The maximum absolute atomic E-state index is 9.29. The van der Waals surface area contributed by atoms with Crippen molar-refractivity contribution in [1.82, 2.24) is 24.6 Å². The Balaban J connectivity index is 1.35.